The number of ether oxygens (including phenoxy) is 2. The van der Waals surface area contributed by atoms with Crippen molar-refractivity contribution >= 4 is 46.9 Å². The first-order valence-corrected chi connectivity index (χ1v) is 24.4. The Hall–Kier alpha value is -6.46. The van der Waals surface area contributed by atoms with Gasteiger partial charge in [-0.15, -0.1) is 0 Å². The van der Waals surface area contributed by atoms with Gasteiger partial charge in [0.2, 0.25) is 22.9 Å². The first kappa shape index (κ1) is 58.1. The van der Waals surface area contributed by atoms with Crippen LogP contribution in [0.15, 0.2) is 121 Å². The minimum Gasteiger partial charge on any atom is -0.458 e. The molecular formula is C56H76N6O10. The number of hydrogen-bond donors (Lipinski definition) is 6. The average Bonchev–Trinajstić information content (AvgIpc) is 3.30. The number of nitrogens with two attached hydrogens (primary N) is 2. The van der Waals surface area contributed by atoms with Crippen molar-refractivity contribution in [3.8, 4) is 0 Å². The molecule has 0 aromatic heterocycles. The van der Waals surface area contributed by atoms with E-state index in [0.717, 1.165) is 9.80 Å². The molecule has 4 aromatic rings. The summed E-state index contributed by atoms with van der Waals surface area (Å²) in [6.07, 6.45) is -4.23. The number of amides is 4. The predicted octanol–water partition coefficient (Wildman–Crippen LogP) is 5.40. The largest absolute Gasteiger partial charge is 0.458 e. The lowest BCUT2D eigenvalue weighted by atomic mass is 9.80. The van der Waals surface area contributed by atoms with E-state index in [1.54, 1.807) is 191 Å². The third-order valence-corrected chi connectivity index (χ3v) is 12.1. The number of nitrogens with one attached hydrogen (secondary N) is 2. The molecule has 0 spiro atoms. The highest BCUT2D eigenvalue weighted by Crippen LogP contribution is 2.37. The number of hydrogen-bond acceptors (Lipinski definition) is 12. The highest BCUT2D eigenvalue weighted by molar-refractivity contribution is 6.19. The number of carbonyl (C=O) groups excluding carboxylic acids is 6. The quantitative estimate of drug-likeness (QED) is 0.0455. The second-order valence-corrected chi connectivity index (χ2v) is 21.0. The molecule has 390 valence electrons. The van der Waals surface area contributed by atoms with Crippen LogP contribution >= 0.6 is 0 Å². The summed E-state index contributed by atoms with van der Waals surface area (Å²) in [7, 11) is 0. The monoisotopic (exact) mass is 993 g/mol. The van der Waals surface area contributed by atoms with E-state index >= 15 is 9.59 Å². The molecule has 0 bridgehead atoms. The third kappa shape index (κ3) is 13.5. The fraction of sp³-hybridized carbons (Fsp3) is 0.464. The van der Waals surface area contributed by atoms with Gasteiger partial charge in [0, 0.05) is 11.4 Å². The number of aliphatic hydroxyl groups excluding tert-OH is 2. The fourth-order valence-electron chi connectivity index (χ4n) is 8.65. The zero-order valence-corrected chi connectivity index (χ0v) is 43.8. The third-order valence-electron chi connectivity index (χ3n) is 12.1. The maximum Gasteiger partial charge on any atom is 0.343 e. The van der Waals surface area contributed by atoms with E-state index in [-0.39, 0.29) is 24.2 Å². The molecule has 8 atom stereocenters. The summed E-state index contributed by atoms with van der Waals surface area (Å²) in [6, 6.07) is 28.3. The zero-order chi connectivity index (χ0) is 53.9. The molecule has 0 aliphatic rings. The summed E-state index contributed by atoms with van der Waals surface area (Å²) in [6.45, 7) is 18.9. The van der Waals surface area contributed by atoms with Crippen molar-refractivity contribution in [1.82, 2.24) is 10.6 Å². The highest BCUT2D eigenvalue weighted by Gasteiger charge is 2.61. The molecule has 0 saturated heterocycles. The smallest absolute Gasteiger partial charge is 0.343 e. The molecule has 4 aromatic carbocycles. The Bertz CT molecular complexity index is 2270. The van der Waals surface area contributed by atoms with Crippen LogP contribution in [-0.2, 0) is 51.1 Å². The Morgan fingerprint density at radius 2 is 0.750 bits per heavy atom. The predicted molar refractivity (Wildman–Crippen MR) is 278 cm³/mol. The number of para-hydroxylation sites is 2. The van der Waals surface area contributed by atoms with Gasteiger partial charge < -0.3 is 41.8 Å². The Morgan fingerprint density at radius 3 is 0.986 bits per heavy atom. The Kier molecular flexibility index (Phi) is 19.6. The van der Waals surface area contributed by atoms with Crippen LogP contribution in [0, 0.1) is 11.8 Å². The molecule has 0 fully saturated rings. The average molecular weight is 993 g/mol. The van der Waals surface area contributed by atoms with Gasteiger partial charge in [-0.3, -0.25) is 29.0 Å². The molecule has 0 aliphatic carbocycles. The van der Waals surface area contributed by atoms with Crippen molar-refractivity contribution in [1.29, 1.82) is 0 Å². The maximum absolute atomic E-state index is 15.7. The summed E-state index contributed by atoms with van der Waals surface area (Å²) in [5, 5.41) is 31.2. The van der Waals surface area contributed by atoms with Gasteiger partial charge in [-0.1, -0.05) is 125 Å². The molecule has 0 aliphatic heterocycles. The van der Waals surface area contributed by atoms with Gasteiger partial charge in [0.25, 0.3) is 11.8 Å². The number of nitrogens with zero attached hydrogens (tertiary/aromatic N) is 2. The summed E-state index contributed by atoms with van der Waals surface area (Å²) in [5.41, 5.74) is 6.76. The zero-order valence-electron chi connectivity index (χ0n) is 43.8. The van der Waals surface area contributed by atoms with Gasteiger partial charge in [0.1, 0.15) is 23.4 Å². The van der Waals surface area contributed by atoms with Crippen molar-refractivity contribution in [2.45, 2.75) is 155 Å². The van der Waals surface area contributed by atoms with E-state index in [9.17, 15) is 29.4 Å². The SMILES string of the molecule is CC(C)[C@](C(=O)N[C@@H](Cc1ccccc1)[C@@H](O)[C@H](O)[C@H](Cc1ccccc1)NC(=O)[C@](C(=O)OC(C)(C)C)(C(C)C)N(C(=O)[C@H](C)N)c1ccccc1)(C(=O)OC(C)(C)C)N(C(=O)[C@H](C)N)c1ccccc1. The first-order chi connectivity index (χ1) is 33.6. The highest BCUT2D eigenvalue weighted by atomic mass is 16.6. The second kappa shape index (κ2) is 24.3. The maximum atomic E-state index is 15.7. The number of esters is 2. The Morgan fingerprint density at radius 1 is 0.486 bits per heavy atom. The van der Waals surface area contributed by atoms with Crippen molar-refractivity contribution in [2.75, 3.05) is 9.80 Å². The van der Waals surface area contributed by atoms with Crippen LogP contribution in [0.3, 0.4) is 0 Å². The van der Waals surface area contributed by atoms with Crippen LogP contribution in [0.25, 0.3) is 0 Å². The van der Waals surface area contributed by atoms with Crippen LogP contribution in [0.4, 0.5) is 11.4 Å². The number of carbonyl (C=O) groups is 6. The van der Waals surface area contributed by atoms with Crippen LogP contribution in [0.2, 0.25) is 0 Å². The minimum absolute atomic E-state index is 0.148. The van der Waals surface area contributed by atoms with Crippen molar-refractivity contribution in [3.05, 3.63) is 132 Å². The first-order valence-electron chi connectivity index (χ1n) is 24.4. The van der Waals surface area contributed by atoms with Gasteiger partial charge in [0.05, 0.1) is 24.2 Å². The van der Waals surface area contributed by atoms with Crippen molar-refractivity contribution in [3.63, 3.8) is 0 Å². The second-order valence-electron chi connectivity index (χ2n) is 21.0. The Balaban J connectivity index is 2.00. The molecule has 0 radical (unpaired) electrons. The van der Waals surface area contributed by atoms with E-state index in [2.05, 4.69) is 10.6 Å². The summed E-state index contributed by atoms with van der Waals surface area (Å²) in [4.78, 5) is 92.2. The molecule has 72 heavy (non-hydrogen) atoms. The molecule has 0 heterocycles. The Labute approximate surface area is 424 Å². The van der Waals surface area contributed by atoms with Gasteiger partial charge in [0.15, 0.2) is 0 Å². The molecular weight excluding hydrogens is 917 g/mol. The van der Waals surface area contributed by atoms with E-state index in [1.165, 1.54) is 13.8 Å². The summed E-state index contributed by atoms with van der Waals surface area (Å²) < 4.78 is 12.0. The van der Waals surface area contributed by atoms with E-state index < -0.39 is 106 Å². The molecule has 4 amide bonds. The lowest BCUT2D eigenvalue weighted by Crippen LogP contribution is -2.73. The number of rotatable bonds is 21. The van der Waals surface area contributed by atoms with Gasteiger partial charge in [-0.05, 0) is 115 Å². The molecule has 4 rings (SSSR count). The molecule has 8 N–H and O–H groups in total. The molecule has 0 saturated carbocycles. The number of benzene rings is 4. The molecule has 0 unspecified atom stereocenters. The van der Waals surface area contributed by atoms with Crippen molar-refractivity contribution in [2.24, 2.45) is 23.3 Å². The standard InChI is InChI=1S/C56H76N6O10/c1-35(2)55(51(69)71-53(7,8)9,61(47(65)37(5)57)41-29-21-15-22-30-41)49(67)59-43(33-39-25-17-13-18-26-39)45(63)46(64)44(34-40-27-19-14-20-28-40)60-50(68)56(36(3)4,52(70)72-54(10,11)12)62(48(66)38(6)58)42-31-23-16-24-32-42/h13-32,35-38,43-46,63-64H,33-34,57-58H2,1-12H3,(H,59,67)(H,60,68)/t37-,38-,43-,44-,45+,46+,55-,56-/m0/s1. The molecule has 16 nitrogen and oxygen atoms in total. The topological polar surface area (TPSA) is 244 Å². The normalized spacial score (nSPS) is 16.1. The summed E-state index contributed by atoms with van der Waals surface area (Å²) >= 11 is 0. The van der Waals surface area contributed by atoms with Gasteiger partial charge in [-0.2, -0.15) is 0 Å². The van der Waals surface area contributed by atoms with Gasteiger partial charge >= 0.3 is 11.9 Å². The van der Waals surface area contributed by atoms with E-state index in [0.29, 0.717) is 11.1 Å². The number of aliphatic hydroxyl groups is 2. The van der Waals surface area contributed by atoms with Gasteiger partial charge in [-0.25, -0.2) is 9.59 Å². The minimum atomic E-state index is -2.48. The van der Waals surface area contributed by atoms with E-state index in [4.69, 9.17) is 20.9 Å². The van der Waals surface area contributed by atoms with E-state index in [1.807, 2.05) is 0 Å². The summed E-state index contributed by atoms with van der Waals surface area (Å²) in [5.74, 6) is -7.88. The van der Waals surface area contributed by atoms with Crippen LogP contribution in [-0.4, -0.2) is 104 Å². The lowest BCUT2D eigenvalue weighted by Gasteiger charge is -2.46. The molecule has 16 heteroatoms. The van der Waals surface area contributed by atoms with Crippen LogP contribution < -0.4 is 31.9 Å². The van der Waals surface area contributed by atoms with Crippen LogP contribution in [0.5, 0.6) is 0 Å². The van der Waals surface area contributed by atoms with Crippen molar-refractivity contribution < 1.29 is 48.5 Å². The van der Waals surface area contributed by atoms with Crippen LogP contribution in [0.1, 0.15) is 94.2 Å². The lowest BCUT2D eigenvalue weighted by molar-refractivity contribution is -0.170. The fourth-order valence-corrected chi connectivity index (χ4v) is 8.65. The number of anilines is 2.